The number of aliphatic hydroxyl groups excluding tert-OH is 1. The zero-order valence-corrected chi connectivity index (χ0v) is 11.4. The molecule has 1 rings (SSSR count). The highest BCUT2D eigenvalue weighted by atomic mass is 127. The maximum absolute atomic E-state index is 13.4. The van der Waals surface area contributed by atoms with E-state index in [4.69, 9.17) is 10.8 Å². The van der Waals surface area contributed by atoms with Crippen LogP contribution in [0.5, 0.6) is 0 Å². The van der Waals surface area contributed by atoms with E-state index in [9.17, 15) is 4.39 Å². The number of hydrogen-bond acceptors (Lipinski definition) is 3. The van der Waals surface area contributed by atoms with Gasteiger partial charge in [0.1, 0.15) is 5.82 Å². The molecule has 0 radical (unpaired) electrons. The Morgan fingerprint density at radius 3 is 2.75 bits per heavy atom. The van der Waals surface area contributed by atoms with Crippen molar-refractivity contribution in [3.05, 3.63) is 21.5 Å². The van der Waals surface area contributed by atoms with Crippen molar-refractivity contribution in [1.29, 1.82) is 0 Å². The molecule has 1 aromatic carbocycles. The number of anilines is 2. The highest BCUT2D eigenvalue weighted by Crippen LogP contribution is 2.27. The smallest absolute Gasteiger partial charge is 0.138 e. The lowest BCUT2D eigenvalue weighted by atomic mass is 10.2. The molecule has 0 saturated carbocycles. The number of nitrogens with zero attached hydrogens (tertiary/aromatic N) is 1. The minimum absolute atomic E-state index is 0.128. The molecule has 3 N–H and O–H groups in total. The molecule has 0 bridgehead atoms. The quantitative estimate of drug-likeness (QED) is 0.639. The van der Waals surface area contributed by atoms with Crippen LogP contribution >= 0.6 is 22.6 Å². The Kier molecular flexibility index (Phi) is 5.27. The van der Waals surface area contributed by atoms with E-state index in [0.29, 0.717) is 27.9 Å². The van der Waals surface area contributed by atoms with Crippen molar-refractivity contribution in [1.82, 2.24) is 0 Å². The largest absolute Gasteiger partial charge is 0.397 e. The molecule has 0 fully saturated rings. The minimum Gasteiger partial charge on any atom is -0.397 e. The van der Waals surface area contributed by atoms with Crippen LogP contribution in [-0.2, 0) is 0 Å². The van der Waals surface area contributed by atoms with Gasteiger partial charge in [0, 0.05) is 25.8 Å². The summed E-state index contributed by atoms with van der Waals surface area (Å²) >= 11 is 1.92. The van der Waals surface area contributed by atoms with E-state index < -0.39 is 0 Å². The lowest BCUT2D eigenvalue weighted by Gasteiger charge is -2.24. The van der Waals surface area contributed by atoms with Crippen LogP contribution in [0.15, 0.2) is 12.1 Å². The van der Waals surface area contributed by atoms with Gasteiger partial charge in [-0.25, -0.2) is 4.39 Å². The summed E-state index contributed by atoms with van der Waals surface area (Å²) in [6, 6.07) is 3.09. The van der Waals surface area contributed by atoms with Gasteiger partial charge in [-0.15, -0.1) is 0 Å². The summed E-state index contributed by atoms with van der Waals surface area (Å²) < 4.78 is 14.0. The molecule has 0 aromatic heterocycles. The second-order valence-electron chi connectivity index (χ2n) is 3.48. The van der Waals surface area contributed by atoms with Crippen molar-refractivity contribution in [2.24, 2.45) is 0 Å². The molecule has 0 heterocycles. The summed E-state index contributed by atoms with van der Waals surface area (Å²) in [4.78, 5) is 1.96. The van der Waals surface area contributed by atoms with E-state index in [0.717, 1.165) is 6.54 Å². The molecule has 3 nitrogen and oxygen atoms in total. The van der Waals surface area contributed by atoms with Crippen molar-refractivity contribution >= 4 is 34.0 Å². The van der Waals surface area contributed by atoms with E-state index in [1.165, 1.54) is 6.07 Å². The summed E-state index contributed by atoms with van der Waals surface area (Å²) in [6.45, 7) is 3.53. The average molecular weight is 338 g/mol. The van der Waals surface area contributed by atoms with Gasteiger partial charge in [-0.2, -0.15) is 0 Å². The molecule has 0 saturated heterocycles. The monoisotopic (exact) mass is 338 g/mol. The third kappa shape index (κ3) is 3.21. The van der Waals surface area contributed by atoms with E-state index >= 15 is 0 Å². The van der Waals surface area contributed by atoms with Crippen LogP contribution in [0.2, 0.25) is 0 Å². The zero-order chi connectivity index (χ0) is 12.1. The first-order valence-electron chi connectivity index (χ1n) is 5.20. The van der Waals surface area contributed by atoms with Gasteiger partial charge in [-0.3, -0.25) is 0 Å². The predicted molar refractivity (Wildman–Crippen MR) is 73.1 cm³/mol. The first-order chi connectivity index (χ1) is 7.60. The number of nitrogens with two attached hydrogens (primary N) is 1. The number of aliphatic hydroxyl groups is 1. The van der Waals surface area contributed by atoms with Gasteiger partial charge in [0.05, 0.1) is 14.9 Å². The van der Waals surface area contributed by atoms with Gasteiger partial charge in [-0.05, 0) is 42.0 Å². The Morgan fingerprint density at radius 2 is 2.19 bits per heavy atom. The van der Waals surface area contributed by atoms with Gasteiger partial charge in [0.15, 0.2) is 0 Å². The average Bonchev–Trinajstić information content (AvgIpc) is 2.26. The van der Waals surface area contributed by atoms with Gasteiger partial charge in [0.2, 0.25) is 0 Å². The summed E-state index contributed by atoms with van der Waals surface area (Å²) in [5, 5.41) is 8.79. The topological polar surface area (TPSA) is 49.5 Å². The van der Waals surface area contributed by atoms with Crippen molar-refractivity contribution in [3.8, 4) is 0 Å². The van der Waals surface area contributed by atoms with Gasteiger partial charge in [-0.1, -0.05) is 0 Å². The Bertz CT molecular complexity index is 360. The molecule has 0 atom stereocenters. The molecule has 16 heavy (non-hydrogen) atoms. The SMILES string of the molecule is CCN(CCCO)c1cc(F)c(I)cc1N. The lowest BCUT2D eigenvalue weighted by Crippen LogP contribution is -2.25. The zero-order valence-electron chi connectivity index (χ0n) is 9.21. The Labute approximate surface area is 109 Å². The molecule has 5 heteroatoms. The van der Waals surface area contributed by atoms with E-state index in [1.807, 2.05) is 34.4 Å². The molecule has 0 aliphatic carbocycles. The van der Waals surface area contributed by atoms with Crippen molar-refractivity contribution in [2.45, 2.75) is 13.3 Å². The molecular weight excluding hydrogens is 322 g/mol. The number of rotatable bonds is 5. The molecule has 0 unspecified atom stereocenters. The third-order valence-electron chi connectivity index (χ3n) is 2.38. The molecule has 1 aromatic rings. The van der Waals surface area contributed by atoms with Crippen LogP contribution in [0.4, 0.5) is 15.8 Å². The Balaban J connectivity index is 2.95. The first-order valence-corrected chi connectivity index (χ1v) is 6.28. The van der Waals surface area contributed by atoms with Crippen LogP contribution in [0.1, 0.15) is 13.3 Å². The molecule has 90 valence electrons. The van der Waals surface area contributed by atoms with Gasteiger partial charge >= 0.3 is 0 Å². The van der Waals surface area contributed by atoms with E-state index in [1.54, 1.807) is 6.07 Å². The number of halogens is 2. The predicted octanol–water partition coefficient (Wildman–Crippen LogP) is 2.22. The summed E-state index contributed by atoms with van der Waals surface area (Å²) in [5.41, 5.74) is 7.14. The van der Waals surface area contributed by atoms with E-state index in [2.05, 4.69) is 0 Å². The fourth-order valence-electron chi connectivity index (χ4n) is 1.54. The lowest BCUT2D eigenvalue weighted by molar-refractivity contribution is 0.289. The van der Waals surface area contributed by atoms with Gasteiger partial charge in [0.25, 0.3) is 0 Å². The van der Waals surface area contributed by atoms with Crippen molar-refractivity contribution in [2.75, 3.05) is 30.3 Å². The van der Waals surface area contributed by atoms with Crippen LogP contribution in [0.3, 0.4) is 0 Å². The van der Waals surface area contributed by atoms with Crippen LogP contribution in [-0.4, -0.2) is 24.8 Å². The molecule has 0 spiro atoms. The summed E-state index contributed by atoms with van der Waals surface area (Å²) in [5.74, 6) is -0.257. The molecule has 0 aliphatic rings. The highest BCUT2D eigenvalue weighted by molar-refractivity contribution is 14.1. The first kappa shape index (κ1) is 13.5. The second kappa shape index (κ2) is 6.24. The fourth-order valence-corrected chi connectivity index (χ4v) is 2.03. The van der Waals surface area contributed by atoms with E-state index in [-0.39, 0.29) is 12.4 Å². The Morgan fingerprint density at radius 1 is 1.50 bits per heavy atom. The van der Waals surface area contributed by atoms with Crippen LogP contribution in [0, 0.1) is 9.39 Å². The summed E-state index contributed by atoms with van der Waals surface area (Å²) in [6.07, 6.45) is 0.654. The summed E-state index contributed by atoms with van der Waals surface area (Å²) in [7, 11) is 0. The minimum atomic E-state index is -0.257. The third-order valence-corrected chi connectivity index (χ3v) is 3.20. The van der Waals surface area contributed by atoms with Gasteiger partial charge < -0.3 is 15.7 Å². The normalized spacial score (nSPS) is 10.5. The maximum Gasteiger partial charge on any atom is 0.138 e. The maximum atomic E-state index is 13.4. The Hall–Kier alpha value is -0.560. The molecular formula is C11H16FIN2O. The standard InChI is InChI=1S/C11H16FIN2O/c1-2-15(4-3-5-16)11-6-8(12)9(13)7-10(11)14/h6-7,16H,2-5,14H2,1H3. The number of benzene rings is 1. The molecule has 0 amide bonds. The second-order valence-corrected chi connectivity index (χ2v) is 4.64. The number of nitrogen functional groups attached to an aromatic ring is 1. The van der Waals surface area contributed by atoms with Crippen molar-refractivity contribution < 1.29 is 9.50 Å². The number of hydrogen-bond donors (Lipinski definition) is 2. The molecule has 0 aliphatic heterocycles. The van der Waals surface area contributed by atoms with Crippen LogP contribution < -0.4 is 10.6 Å². The van der Waals surface area contributed by atoms with Crippen molar-refractivity contribution in [3.63, 3.8) is 0 Å². The fraction of sp³-hybridized carbons (Fsp3) is 0.455. The highest BCUT2D eigenvalue weighted by Gasteiger charge is 2.11. The van der Waals surface area contributed by atoms with Crippen LogP contribution in [0.25, 0.3) is 0 Å².